The second-order valence-corrected chi connectivity index (χ2v) is 27.6. The van der Waals surface area contributed by atoms with Gasteiger partial charge in [0.15, 0.2) is 16.6 Å². The summed E-state index contributed by atoms with van der Waals surface area (Å²) in [4.78, 5) is 13.7. The third-order valence-corrected chi connectivity index (χ3v) is 22.1. The third-order valence-electron chi connectivity index (χ3n) is 13.1. The van der Waals surface area contributed by atoms with Crippen molar-refractivity contribution in [2.75, 3.05) is 27.3 Å². The van der Waals surface area contributed by atoms with Gasteiger partial charge in [0.1, 0.15) is 0 Å². The molecule has 0 heterocycles. The third kappa shape index (κ3) is 6.56. The summed E-state index contributed by atoms with van der Waals surface area (Å²) in [5.74, 6) is 1.13. The number of rotatable bonds is 9. The summed E-state index contributed by atoms with van der Waals surface area (Å²) in [6, 6.07) is 0. The van der Waals surface area contributed by atoms with E-state index in [-0.39, 0.29) is 39.0 Å². The smallest absolute Gasteiger partial charge is 0.224 e. The Hall–Kier alpha value is -0.996. The van der Waals surface area contributed by atoms with Gasteiger partial charge in [0.05, 0.1) is 31.8 Å². The summed E-state index contributed by atoms with van der Waals surface area (Å²) in [6.45, 7) is 29.9. The van der Waals surface area contributed by atoms with Crippen LogP contribution >= 0.6 is 0 Å². The van der Waals surface area contributed by atoms with Crippen LogP contribution in [-0.4, -0.2) is 67.0 Å². The lowest BCUT2D eigenvalue weighted by Gasteiger charge is -2.59. The number of ether oxygens (including phenoxy) is 1. The summed E-state index contributed by atoms with van der Waals surface area (Å²) in [5.41, 5.74) is 4.72. The number of allylic oxidation sites excluding steroid dienone is 4. The Labute approximate surface area is 272 Å². The number of nitrogens with zero attached hydrogens (tertiary/aromatic N) is 1. The lowest BCUT2D eigenvalue weighted by molar-refractivity contribution is -0.129. The van der Waals surface area contributed by atoms with E-state index in [4.69, 9.17) is 13.6 Å². The van der Waals surface area contributed by atoms with Gasteiger partial charge in [-0.05, 0) is 91.2 Å². The molecule has 5 nitrogen and oxygen atoms in total. The van der Waals surface area contributed by atoms with E-state index in [9.17, 15) is 4.79 Å². The molecule has 44 heavy (non-hydrogen) atoms. The molecule has 4 aliphatic carbocycles. The fourth-order valence-corrected chi connectivity index (χ4v) is 10.6. The minimum atomic E-state index is -2.03. The molecule has 4 aliphatic rings. The number of hydrogen-bond acceptors (Lipinski definition) is 4. The van der Waals surface area contributed by atoms with Crippen molar-refractivity contribution in [1.82, 2.24) is 4.90 Å². The SMILES string of the molecule is CN(C)C(=O)CCOCC1=CC[C@H]2C3=CC=C4CC(O[Si](C)(C)C(C)(C)C)CC(O[Si](C)(C)C(C)(C)C)[C@]4(C)[C@H]3CC[C@]12C. The highest BCUT2D eigenvalue weighted by atomic mass is 28.4. The number of amides is 1. The van der Waals surface area contributed by atoms with Gasteiger partial charge in [0.25, 0.3) is 0 Å². The molecule has 0 aromatic rings. The molecule has 6 atom stereocenters. The van der Waals surface area contributed by atoms with Crippen molar-refractivity contribution in [2.24, 2.45) is 22.7 Å². The van der Waals surface area contributed by atoms with Crippen molar-refractivity contribution < 1.29 is 18.4 Å². The molecule has 0 aliphatic heterocycles. The van der Waals surface area contributed by atoms with E-state index in [1.165, 1.54) is 18.4 Å². The molecule has 2 saturated carbocycles. The Morgan fingerprint density at radius 1 is 0.955 bits per heavy atom. The van der Waals surface area contributed by atoms with Gasteiger partial charge in [-0.25, -0.2) is 0 Å². The van der Waals surface area contributed by atoms with Crippen molar-refractivity contribution >= 4 is 22.5 Å². The Bertz CT molecular complexity index is 1190. The monoisotopic (exact) mass is 643 g/mol. The maximum absolute atomic E-state index is 12.0. The van der Waals surface area contributed by atoms with Crippen molar-refractivity contribution in [2.45, 2.75) is 142 Å². The number of carbonyl (C=O) groups is 1. The summed E-state index contributed by atoms with van der Waals surface area (Å²) in [5, 5.41) is 0.338. The van der Waals surface area contributed by atoms with Crippen molar-refractivity contribution in [3.05, 3.63) is 34.9 Å². The van der Waals surface area contributed by atoms with Crippen molar-refractivity contribution in [3.63, 3.8) is 0 Å². The molecule has 2 unspecified atom stereocenters. The van der Waals surface area contributed by atoms with E-state index in [2.05, 4.69) is 99.8 Å². The first-order valence-corrected chi connectivity index (χ1v) is 23.1. The highest BCUT2D eigenvalue weighted by Crippen LogP contribution is 2.64. The number of hydrogen-bond donors (Lipinski definition) is 0. The molecular formula is C37H65NO4Si2. The largest absolute Gasteiger partial charge is 0.414 e. The predicted octanol–water partition coefficient (Wildman–Crippen LogP) is 9.29. The predicted molar refractivity (Wildman–Crippen MR) is 189 cm³/mol. The minimum Gasteiger partial charge on any atom is -0.414 e. The van der Waals surface area contributed by atoms with E-state index in [1.807, 2.05) is 0 Å². The van der Waals surface area contributed by atoms with E-state index < -0.39 is 16.6 Å². The molecule has 1 amide bonds. The molecule has 0 radical (unpaired) electrons. The first-order valence-electron chi connectivity index (χ1n) is 17.3. The molecular weight excluding hydrogens is 579 g/mol. The van der Waals surface area contributed by atoms with Crippen molar-refractivity contribution in [1.29, 1.82) is 0 Å². The maximum atomic E-state index is 12.0. The Morgan fingerprint density at radius 2 is 1.57 bits per heavy atom. The van der Waals surface area contributed by atoms with Gasteiger partial charge in [0, 0.05) is 19.5 Å². The average Bonchev–Trinajstić information content (AvgIpc) is 3.21. The fourth-order valence-electron chi connectivity index (χ4n) is 7.85. The quantitative estimate of drug-likeness (QED) is 0.143. The first kappa shape index (κ1) is 35.9. The van der Waals surface area contributed by atoms with Crippen LogP contribution in [0.5, 0.6) is 0 Å². The summed E-state index contributed by atoms with van der Waals surface area (Å²) in [7, 11) is -0.338. The maximum Gasteiger partial charge on any atom is 0.224 e. The highest BCUT2D eigenvalue weighted by Gasteiger charge is 2.59. The van der Waals surface area contributed by atoms with Gasteiger partial charge < -0.3 is 18.5 Å². The molecule has 0 aromatic heterocycles. The van der Waals surface area contributed by atoms with Crippen LogP contribution in [0, 0.1) is 22.7 Å². The zero-order valence-corrected chi connectivity index (χ0v) is 32.8. The highest BCUT2D eigenvalue weighted by molar-refractivity contribution is 6.74. The van der Waals surface area contributed by atoms with Crippen LogP contribution in [0.3, 0.4) is 0 Å². The van der Waals surface area contributed by atoms with Gasteiger partial charge in [-0.3, -0.25) is 4.79 Å². The molecule has 0 aromatic carbocycles. The average molecular weight is 644 g/mol. The topological polar surface area (TPSA) is 48.0 Å². The fraction of sp³-hybridized carbons (Fsp3) is 0.811. The van der Waals surface area contributed by atoms with E-state index in [1.54, 1.807) is 30.1 Å². The molecule has 4 rings (SSSR count). The molecule has 250 valence electrons. The second kappa shape index (κ2) is 12.2. The molecule has 0 N–H and O–H groups in total. The van der Waals surface area contributed by atoms with Crippen LogP contribution in [0.25, 0.3) is 0 Å². The minimum absolute atomic E-state index is 0.0139. The normalized spacial score (nSPS) is 32.6. The van der Waals surface area contributed by atoms with Gasteiger partial charge in [-0.1, -0.05) is 84.8 Å². The number of carbonyl (C=O) groups excluding carboxylic acids is 1. The standard InChI is InChI=1S/C37H65NO4Si2/c1-34(2,3)43(11,12)41-28-23-26-15-17-29-30-18-16-27(25-40-22-20-33(39)38(9)10)36(30,7)21-19-31(29)37(26,8)32(24-28)42-44(13,14)35(4,5)6/h15-17,28,30-32H,18-25H2,1-14H3/t28?,30-,31-,32?,36+,37-/m0/s1. The van der Waals surface area contributed by atoms with Crippen LogP contribution in [0.4, 0.5) is 0 Å². The van der Waals surface area contributed by atoms with E-state index in [0.29, 0.717) is 31.5 Å². The van der Waals surface area contributed by atoms with Crippen LogP contribution in [0.1, 0.15) is 93.9 Å². The first-order chi connectivity index (χ1) is 20.0. The van der Waals surface area contributed by atoms with Gasteiger partial charge in [0.2, 0.25) is 5.91 Å². The summed E-state index contributed by atoms with van der Waals surface area (Å²) < 4.78 is 20.7. The summed E-state index contributed by atoms with van der Waals surface area (Å²) in [6.07, 6.45) is 13.7. The van der Waals surface area contributed by atoms with E-state index in [0.717, 1.165) is 19.3 Å². The summed E-state index contributed by atoms with van der Waals surface area (Å²) >= 11 is 0. The molecule has 2 fully saturated rings. The Kier molecular flexibility index (Phi) is 9.96. The lowest BCUT2D eigenvalue weighted by atomic mass is 9.50. The lowest BCUT2D eigenvalue weighted by Crippen LogP contribution is -2.58. The van der Waals surface area contributed by atoms with Crippen LogP contribution in [0.15, 0.2) is 34.9 Å². The number of fused-ring (bicyclic) bond motifs is 5. The van der Waals surface area contributed by atoms with Gasteiger partial charge >= 0.3 is 0 Å². The second-order valence-electron chi connectivity index (χ2n) is 18.1. The van der Waals surface area contributed by atoms with Gasteiger partial charge in [-0.15, -0.1) is 0 Å². The Balaban J connectivity index is 1.61. The van der Waals surface area contributed by atoms with Crippen LogP contribution in [0.2, 0.25) is 36.3 Å². The van der Waals surface area contributed by atoms with Gasteiger partial charge in [-0.2, -0.15) is 0 Å². The molecule has 0 spiro atoms. The Morgan fingerprint density at radius 3 is 2.16 bits per heavy atom. The molecule has 0 saturated heterocycles. The molecule has 0 bridgehead atoms. The zero-order valence-electron chi connectivity index (χ0n) is 30.8. The van der Waals surface area contributed by atoms with E-state index >= 15 is 0 Å². The zero-order chi connectivity index (χ0) is 33.1. The van der Waals surface area contributed by atoms with Crippen molar-refractivity contribution in [3.8, 4) is 0 Å². The molecule has 7 heteroatoms. The van der Waals surface area contributed by atoms with Crippen LogP contribution in [-0.2, 0) is 18.4 Å². The van der Waals surface area contributed by atoms with Crippen LogP contribution < -0.4 is 0 Å².